The van der Waals surface area contributed by atoms with E-state index in [1.54, 1.807) is 0 Å². The molecule has 0 saturated carbocycles. The van der Waals surface area contributed by atoms with Gasteiger partial charge in [0.1, 0.15) is 5.82 Å². The molecule has 1 N–H and O–H groups in total. The number of rotatable bonds is 8. The Hall–Kier alpha value is -0.830. The Morgan fingerprint density at radius 2 is 2.19 bits per heavy atom. The van der Waals surface area contributed by atoms with Crippen LogP contribution in [0.4, 0.5) is 0 Å². The third-order valence-electron chi connectivity index (χ3n) is 2.65. The minimum atomic E-state index is 0.601. The van der Waals surface area contributed by atoms with E-state index in [1.165, 1.54) is 25.1 Å². The Balaban J connectivity index is 2.18. The van der Waals surface area contributed by atoms with E-state index < -0.39 is 0 Å². The average molecular weight is 223 g/mol. The number of imidazole rings is 1. The Labute approximate surface area is 99.3 Å². The molecule has 3 heteroatoms. The molecule has 0 aliphatic carbocycles. The molecule has 0 saturated heterocycles. The van der Waals surface area contributed by atoms with Crippen LogP contribution < -0.4 is 5.32 Å². The number of unbranched alkanes of at least 4 members (excludes halogenated alkanes) is 1. The highest BCUT2D eigenvalue weighted by atomic mass is 15.1. The summed E-state index contributed by atoms with van der Waals surface area (Å²) >= 11 is 0. The smallest absolute Gasteiger partial charge is 0.108 e. The van der Waals surface area contributed by atoms with Gasteiger partial charge < -0.3 is 9.88 Å². The summed E-state index contributed by atoms with van der Waals surface area (Å²) in [6.07, 6.45) is 8.75. The second-order valence-electron chi connectivity index (χ2n) is 4.60. The number of hydrogen-bond acceptors (Lipinski definition) is 2. The van der Waals surface area contributed by atoms with Crippen LogP contribution in [-0.4, -0.2) is 22.1 Å². The number of hydrogen-bond donors (Lipinski definition) is 1. The fourth-order valence-electron chi connectivity index (χ4n) is 1.79. The van der Waals surface area contributed by atoms with Crippen molar-refractivity contribution in [3.63, 3.8) is 0 Å². The van der Waals surface area contributed by atoms with Gasteiger partial charge in [-0.1, -0.05) is 20.8 Å². The first-order valence-electron chi connectivity index (χ1n) is 6.47. The SMILES string of the molecule is CCCc1nccn1CCCCNC(C)C. The van der Waals surface area contributed by atoms with E-state index in [0.29, 0.717) is 6.04 Å². The van der Waals surface area contributed by atoms with Crippen molar-refractivity contribution < 1.29 is 0 Å². The van der Waals surface area contributed by atoms with E-state index in [1.807, 2.05) is 6.20 Å². The second kappa shape index (κ2) is 7.44. The summed E-state index contributed by atoms with van der Waals surface area (Å²) in [5.41, 5.74) is 0. The van der Waals surface area contributed by atoms with Crippen LogP contribution in [0, 0.1) is 0 Å². The minimum absolute atomic E-state index is 0.601. The van der Waals surface area contributed by atoms with Crippen LogP contribution in [0.15, 0.2) is 12.4 Å². The molecule has 0 aliphatic heterocycles. The molecule has 1 aromatic heterocycles. The van der Waals surface area contributed by atoms with Gasteiger partial charge in [0.2, 0.25) is 0 Å². The van der Waals surface area contributed by atoms with E-state index >= 15 is 0 Å². The number of aryl methyl sites for hydroxylation is 2. The topological polar surface area (TPSA) is 29.9 Å². The number of nitrogens with zero attached hydrogens (tertiary/aromatic N) is 2. The third-order valence-corrected chi connectivity index (χ3v) is 2.65. The highest BCUT2D eigenvalue weighted by molar-refractivity contribution is 4.92. The van der Waals surface area contributed by atoms with Gasteiger partial charge >= 0.3 is 0 Å². The fourth-order valence-corrected chi connectivity index (χ4v) is 1.79. The molecule has 0 aliphatic rings. The predicted molar refractivity (Wildman–Crippen MR) is 68.6 cm³/mol. The van der Waals surface area contributed by atoms with Crippen LogP contribution in [0.3, 0.4) is 0 Å². The highest BCUT2D eigenvalue weighted by Crippen LogP contribution is 2.03. The molecule has 0 spiro atoms. The van der Waals surface area contributed by atoms with Gasteiger partial charge in [-0.25, -0.2) is 4.98 Å². The molecule has 0 aromatic carbocycles. The molecule has 1 heterocycles. The molecule has 16 heavy (non-hydrogen) atoms. The van der Waals surface area contributed by atoms with Gasteiger partial charge in [-0.15, -0.1) is 0 Å². The molecule has 0 amide bonds. The van der Waals surface area contributed by atoms with Crippen LogP contribution in [0.1, 0.15) is 45.9 Å². The van der Waals surface area contributed by atoms with E-state index in [0.717, 1.165) is 19.5 Å². The molecule has 0 atom stereocenters. The summed E-state index contributed by atoms with van der Waals surface area (Å²) in [5.74, 6) is 1.24. The lowest BCUT2D eigenvalue weighted by Crippen LogP contribution is -2.23. The molecule has 3 nitrogen and oxygen atoms in total. The van der Waals surface area contributed by atoms with Crippen molar-refractivity contribution in [2.45, 2.75) is 59.0 Å². The normalized spacial score (nSPS) is 11.2. The lowest BCUT2D eigenvalue weighted by molar-refractivity contribution is 0.524. The van der Waals surface area contributed by atoms with Crippen molar-refractivity contribution in [1.29, 1.82) is 0 Å². The van der Waals surface area contributed by atoms with Crippen molar-refractivity contribution in [3.05, 3.63) is 18.2 Å². The van der Waals surface area contributed by atoms with Crippen LogP contribution in [-0.2, 0) is 13.0 Å². The summed E-state index contributed by atoms with van der Waals surface area (Å²) in [4.78, 5) is 4.38. The molecule has 1 aromatic rings. The number of nitrogens with one attached hydrogen (secondary N) is 1. The molecular weight excluding hydrogens is 198 g/mol. The Bertz CT molecular complexity index is 278. The first-order valence-corrected chi connectivity index (χ1v) is 6.47. The zero-order valence-electron chi connectivity index (χ0n) is 10.9. The third kappa shape index (κ3) is 4.79. The molecule has 1 rings (SSSR count). The van der Waals surface area contributed by atoms with Gasteiger partial charge in [0, 0.05) is 31.4 Å². The molecular formula is C13H25N3. The quantitative estimate of drug-likeness (QED) is 0.687. The van der Waals surface area contributed by atoms with Gasteiger partial charge in [0.25, 0.3) is 0 Å². The van der Waals surface area contributed by atoms with E-state index in [4.69, 9.17) is 0 Å². The highest BCUT2D eigenvalue weighted by Gasteiger charge is 2.00. The van der Waals surface area contributed by atoms with Crippen LogP contribution in [0.2, 0.25) is 0 Å². The van der Waals surface area contributed by atoms with Crippen molar-refractivity contribution in [3.8, 4) is 0 Å². The number of aromatic nitrogens is 2. The lowest BCUT2D eigenvalue weighted by Gasteiger charge is -2.09. The zero-order chi connectivity index (χ0) is 11.8. The summed E-state index contributed by atoms with van der Waals surface area (Å²) in [7, 11) is 0. The standard InChI is InChI=1S/C13H25N3/c1-4-7-13-15-9-11-16(13)10-6-5-8-14-12(2)3/h9,11-12,14H,4-8,10H2,1-3H3. The monoisotopic (exact) mass is 223 g/mol. The van der Waals surface area contributed by atoms with Crippen LogP contribution in [0.5, 0.6) is 0 Å². The van der Waals surface area contributed by atoms with Crippen molar-refractivity contribution >= 4 is 0 Å². The van der Waals surface area contributed by atoms with Gasteiger partial charge in [-0.2, -0.15) is 0 Å². The minimum Gasteiger partial charge on any atom is -0.335 e. The van der Waals surface area contributed by atoms with E-state index in [2.05, 4.69) is 41.8 Å². The molecule has 0 fully saturated rings. The maximum atomic E-state index is 4.38. The Kier molecular flexibility index (Phi) is 6.16. The fraction of sp³-hybridized carbons (Fsp3) is 0.769. The Morgan fingerprint density at radius 1 is 1.38 bits per heavy atom. The van der Waals surface area contributed by atoms with E-state index in [9.17, 15) is 0 Å². The largest absolute Gasteiger partial charge is 0.335 e. The zero-order valence-corrected chi connectivity index (χ0v) is 10.9. The van der Waals surface area contributed by atoms with Gasteiger partial charge in [-0.3, -0.25) is 0 Å². The molecule has 0 bridgehead atoms. The van der Waals surface area contributed by atoms with Gasteiger partial charge in [-0.05, 0) is 25.8 Å². The summed E-state index contributed by atoms with van der Waals surface area (Å²) in [5, 5.41) is 3.44. The first-order chi connectivity index (χ1) is 7.74. The summed E-state index contributed by atoms with van der Waals surface area (Å²) in [6, 6.07) is 0.601. The second-order valence-corrected chi connectivity index (χ2v) is 4.60. The first kappa shape index (κ1) is 13.2. The van der Waals surface area contributed by atoms with E-state index in [-0.39, 0.29) is 0 Å². The summed E-state index contributed by atoms with van der Waals surface area (Å²) < 4.78 is 2.29. The van der Waals surface area contributed by atoms with Crippen molar-refractivity contribution in [2.24, 2.45) is 0 Å². The van der Waals surface area contributed by atoms with Crippen LogP contribution in [0.25, 0.3) is 0 Å². The average Bonchev–Trinajstić information content (AvgIpc) is 2.65. The predicted octanol–water partition coefficient (Wildman–Crippen LogP) is 2.61. The van der Waals surface area contributed by atoms with Crippen molar-refractivity contribution in [1.82, 2.24) is 14.9 Å². The Morgan fingerprint density at radius 3 is 2.88 bits per heavy atom. The van der Waals surface area contributed by atoms with Gasteiger partial charge in [0.15, 0.2) is 0 Å². The van der Waals surface area contributed by atoms with Crippen molar-refractivity contribution in [2.75, 3.05) is 6.54 Å². The van der Waals surface area contributed by atoms with Gasteiger partial charge in [0.05, 0.1) is 0 Å². The molecule has 0 unspecified atom stereocenters. The maximum Gasteiger partial charge on any atom is 0.108 e. The van der Waals surface area contributed by atoms with Crippen LogP contribution >= 0.6 is 0 Å². The maximum absolute atomic E-state index is 4.38. The molecule has 0 radical (unpaired) electrons. The lowest BCUT2D eigenvalue weighted by atomic mass is 10.2. The molecule has 92 valence electrons. The summed E-state index contributed by atoms with van der Waals surface area (Å²) in [6.45, 7) is 8.81.